The number of hydrogen-bond donors (Lipinski definition) is 0. The number of aldehydes is 1. The van der Waals surface area contributed by atoms with Crippen LogP contribution in [0.3, 0.4) is 0 Å². The maximum atomic E-state index is 11.5. The van der Waals surface area contributed by atoms with Gasteiger partial charge in [0.15, 0.2) is 6.29 Å². The molecule has 19 heavy (non-hydrogen) atoms. The molecule has 102 valence electrons. The van der Waals surface area contributed by atoms with E-state index in [0.717, 1.165) is 17.5 Å². The Bertz CT molecular complexity index is 493. The van der Waals surface area contributed by atoms with E-state index in [4.69, 9.17) is 0 Å². The lowest BCUT2D eigenvalue weighted by Gasteiger charge is -2.20. The second-order valence-electron chi connectivity index (χ2n) is 4.48. The van der Waals surface area contributed by atoms with Crippen LogP contribution in [0.15, 0.2) is 30.5 Å². The van der Waals surface area contributed by atoms with Gasteiger partial charge in [-0.1, -0.05) is 12.1 Å². The van der Waals surface area contributed by atoms with E-state index in [2.05, 4.69) is 0 Å². The Morgan fingerprint density at radius 3 is 2.47 bits per heavy atom. The van der Waals surface area contributed by atoms with Gasteiger partial charge in [-0.25, -0.2) is 0 Å². The second-order valence-corrected chi connectivity index (χ2v) is 4.48. The van der Waals surface area contributed by atoms with Crippen LogP contribution in [0.2, 0.25) is 0 Å². The monoisotopic (exact) mass is 260 g/mol. The van der Waals surface area contributed by atoms with Crippen LogP contribution in [0, 0.1) is 0 Å². The van der Waals surface area contributed by atoms with Crippen molar-refractivity contribution in [3.05, 3.63) is 36.0 Å². The lowest BCUT2D eigenvalue weighted by molar-refractivity contribution is -0.116. The second kappa shape index (κ2) is 6.73. The van der Waals surface area contributed by atoms with E-state index in [0.29, 0.717) is 12.1 Å². The summed E-state index contributed by atoms with van der Waals surface area (Å²) in [5, 5.41) is 0. The topological polar surface area (TPSA) is 40.6 Å². The van der Waals surface area contributed by atoms with Gasteiger partial charge >= 0.3 is 0 Å². The minimum Gasteiger partial charge on any atom is -0.383 e. The fourth-order valence-electron chi connectivity index (χ4n) is 1.89. The predicted octanol–water partition coefficient (Wildman–Crippen LogP) is 2.16. The number of allylic oxidation sites excluding steroid dienone is 1. The molecule has 0 fully saturated rings. The summed E-state index contributed by atoms with van der Waals surface area (Å²) in [6.07, 6.45) is 2.58. The van der Waals surface area contributed by atoms with Gasteiger partial charge in [-0.2, -0.15) is 0 Å². The van der Waals surface area contributed by atoms with Crippen molar-refractivity contribution in [2.75, 3.05) is 25.5 Å². The fourth-order valence-corrected chi connectivity index (χ4v) is 1.89. The van der Waals surface area contributed by atoms with E-state index in [1.807, 2.05) is 50.2 Å². The molecule has 0 saturated carbocycles. The Morgan fingerprint density at radius 1 is 1.32 bits per heavy atom. The van der Waals surface area contributed by atoms with Crippen LogP contribution in [-0.2, 0) is 9.59 Å². The van der Waals surface area contributed by atoms with Gasteiger partial charge in [-0.3, -0.25) is 9.59 Å². The first-order valence-electron chi connectivity index (χ1n) is 6.21. The van der Waals surface area contributed by atoms with Gasteiger partial charge in [0, 0.05) is 45.0 Å². The normalized spacial score (nSPS) is 11.1. The molecule has 0 aliphatic heterocycles. The molecule has 0 aliphatic carbocycles. The fraction of sp³-hybridized carbons (Fsp3) is 0.333. The zero-order valence-corrected chi connectivity index (χ0v) is 11.9. The molecule has 4 heteroatoms. The van der Waals surface area contributed by atoms with Crippen LogP contribution < -0.4 is 4.90 Å². The summed E-state index contributed by atoms with van der Waals surface area (Å²) >= 11 is 0. The summed E-state index contributed by atoms with van der Waals surface area (Å²) < 4.78 is 0. The number of anilines is 1. The number of rotatable bonds is 5. The van der Waals surface area contributed by atoms with Crippen LogP contribution in [0.1, 0.15) is 19.4 Å². The number of carbonyl (C=O) groups is 2. The first-order valence-corrected chi connectivity index (χ1v) is 6.21. The maximum absolute atomic E-state index is 11.5. The highest BCUT2D eigenvalue weighted by Gasteiger charge is 2.10. The van der Waals surface area contributed by atoms with Gasteiger partial charge in [0.2, 0.25) is 5.91 Å². The van der Waals surface area contributed by atoms with Crippen molar-refractivity contribution >= 4 is 23.5 Å². The summed E-state index contributed by atoms with van der Waals surface area (Å²) in [4.78, 5) is 26.2. The average molecular weight is 260 g/mol. The molecule has 0 unspecified atom stereocenters. The minimum atomic E-state index is -0.0103. The van der Waals surface area contributed by atoms with Crippen molar-refractivity contribution < 1.29 is 9.59 Å². The Hall–Kier alpha value is -2.10. The predicted molar refractivity (Wildman–Crippen MR) is 77.9 cm³/mol. The molecular formula is C15H20N2O2. The quantitative estimate of drug-likeness (QED) is 0.601. The van der Waals surface area contributed by atoms with Gasteiger partial charge in [0.25, 0.3) is 0 Å². The first kappa shape index (κ1) is 15.0. The molecular weight excluding hydrogens is 240 g/mol. The molecule has 1 rings (SSSR count). The molecule has 0 spiro atoms. The Morgan fingerprint density at radius 2 is 2.00 bits per heavy atom. The van der Waals surface area contributed by atoms with E-state index in [1.165, 1.54) is 6.92 Å². The van der Waals surface area contributed by atoms with E-state index in [-0.39, 0.29) is 5.91 Å². The summed E-state index contributed by atoms with van der Waals surface area (Å²) in [5.41, 5.74) is 2.20. The zero-order valence-electron chi connectivity index (χ0n) is 11.9. The third-order valence-corrected chi connectivity index (χ3v) is 2.71. The van der Waals surface area contributed by atoms with Gasteiger partial charge < -0.3 is 9.80 Å². The number of amides is 1. The van der Waals surface area contributed by atoms with Gasteiger partial charge in [-0.15, -0.1) is 0 Å². The Kier molecular flexibility index (Phi) is 5.30. The summed E-state index contributed by atoms with van der Waals surface area (Å²) in [6.45, 7) is 4.06. The zero-order chi connectivity index (χ0) is 14.4. The van der Waals surface area contributed by atoms with E-state index < -0.39 is 0 Å². The van der Waals surface area contributed by atoms with Gasteiger partial charge in [0.05, 0.1) is 0 Å². The van der Waals surface area contributed by atoms with E-state index in [9.17, 15) is 9.59 Å². The van der Waals surface area contributed by atoms with E-state index in [1.54, 1.807) is 11.1 Å². The molecule has 0 saturated heterocycles. The van der Waals surface area contributed by atoms with Crippen molar-refractivity contribution in [2.24, 2.45) is 0 Å². The highest BCUT2D eigenvalue weighted by atomic mass is 16.2. The molecule has 0 radical (unpaired) electrons. The highest BCUT2D eigenvalue weighted by Crippen LogP contribution is 2.21. The molecule has 0 atom stereocenters. The molecule has 1 amide bonds. The number of carbonyl (C=O) groups excluding carboxylic acids is 2. The first-order chi connectivity index (χ1) is 8.99. The van der Waals surface area contributed by atoms with Gasteiger partial charge in [0.1, 0.15) is 0 Å². The molecule has 0 bridgehead atoms. The van der Waals surface area contributed by atoms with Crippen LogP contribution in [0.25, 0.3) is 5.57 Å². The molecule has 0 aliphatic rings. The van der Waals surface area contributed by atoms with E-state index >= 15 is 0 Å². The van der Waals surface area contributed by atoms with Crippen molar-refractivity contribution in [3.63, 3.8) is 0 Å². The Balaban J connectivity index is 3.19. The van der Waals surface area contributed by atoms with Crippen LogP contribution in [-0.4, -0.2) is 37.7 Å². The largest absolute Gasteiger partial charge is 0.383 e. The molecule has 4 nitrogen and oxygen atoms in total. The number of nitrogens with zero attached hydrogens (tertiary/aromatic N) is 2. The average Bonchev–Trinajstić information content (AvgIpc) is 2.36. The van der Waals surface area contributed by atoms with Crippen LogP contribution in [0.5, 0.6) is 0 Å². The number of hydrogen-bond acceptors (Lipinski definition) is 3. The third-order valence-electron chi connectivity index (χ3n) is 2.71. The van der Waals surface area contributed by atoms with Crippen molar-refractivity contribution in [2.45, 2.75) is 13.8 Å². The Labute approximate surface area is 114 Å². The third kappa shape index (κ3) is 3.95. The molecule has 0 N–H and O–H groups in total. The number of benzene rings is 1. The maximum Gasteiger partial charge on any atom is 0.223 e. The van der Waals surface area contributed by atoms with Crippen LogP contribution >= 0.6 is 0 Å². The molecule has 1 aromatic carbocycles. The summed E-state index contributed by atoms with van der Waals surface area (Å²) in [5.74, 6) is -0.0103. The van der Waals surface area contributed by atoms with Crippen molar-refractivity contribution in [3.8, 4) is 0 Å². The van der Waals surface area contributed by atoms with Crippen LogP contribution in [0.4, 0.5) is 5.69 Å². The molecule has 0 aromatic heterocycles. The SMILES string of the molecule is CCN(C(C)=O)c1cccc(/C(C=O)=C/N(C)C)c1. The lowest BCUT2D eigenvalue weighted by atomic mass is 10.1. The van der Waals surface area contributed by atoms with Crippen molar-refractivity contribution in [1.29, 1.82) is 0 Å². The summed E-state index contributed by atoms with van der Waals surface area (Å²) in [6, 6.07) is 7.44. The molecule has 0 heterocycles. The summed E-state index contributed by atoms with van der Waals surface area (Å²) in [7, 11) is 3.72. The molecule has 1 aromatic rings. The van der Waals surface area contributed by atoms with Crippen molar-refractivity contribution in [1.82, 2.24) is 4.90 Å². The minimum absolute atomic E-state index is 0.0103. The lowest BCUT2D eigenvalue weighted by Crippen LogP contribution is -2.27. The smallest absolute Gasteiger partial charge is 0.223 e. The highest BCUT2D eigenvalue weighted by molar-refractivity contribution is 6.07. The van der Waals surface area contributed by atoms with Gasteiger partial charge in [-0.05, 0) is 24.6 Å². The standard InChI is InChI=1S/C15H20N2O2/c1-5-17(12(2)19)15-8-6-7-13(9-15)14(11-18)10-16(3)4/h6-11H,5H2,1-4H3/b14-10+.